The van der Waals surface area contributed by atoms with Gasteiger partial charge in [0, 0.05) is 11.9 Å². The van der Waals surface area contributed by atoms with E-state index in [1.807, 2.05) is 6.92 Å². The summed E-state index contributed by atoms with van der Waals surface area (Å²) in [6.07, 6.45) is 6.65. The minimum Gasteiger partial charge on any atom is -0.298 e. The second-order valence-electron chi connectivity index (χ2n) is 4.92. The number of aryl methyl sites for hydroxylation is 1. The Morgan fingerprint density at radius 1 is 1.53 bits per heavy atom. The highest BCUT2D eigenvalue weighted by molar-refractivity contribution is 14.1. The molecule has 0 atom stereocenters. The molecule has 1 heterocycles. The van der Waals surface area contributed by atoms with Crippen LogP contribution in [0.2, 0.25) is 0 Å². The fourth-order valence-corrected chi connectivity index (χ4v) is 3.67. The van der Waals surface area contributed by atoms with Gasteiger partial charge in [-0.05, 0) is 47.8 Å². The predicted octanol–water partition coefficient (Wildman–Crippen LogP) is 3.11. The monoisotopic (exact) mass is 410 g/mol. The quantitative estimate of drug-likeness (QED) is 0.566. The van der Waals surface area contributed by atoms with Gasteiger partial charge in [0.1, 0.15) is 0 Å². The van der Waals surface area contributed by atoms with Crippen LogP contribution in [0.4, 0.5) is 0 Å². The molecule has 1 aromatic rings. The molecule has 17 heavy (non-hydrogen) atoms. The Morgan fingerprint density at radius 2 is 2.18 bits per heavy atom. The smallest absolute Gasteiger partial charge is 0.267 e. The Balaban J connectivity index is 2.30. The first kappa shape index (κ1) is 13.5. The minimum absolute atomic E-state index is 0.102. The third kappa shape index (κ3) is 2.75. The Bertz CT molecular complexity index is 466. The molecular weight excluding hydrogens is 395 g/mol. The second kappa shape index (κ2) is 5.38. The molecule has 5 heteroatoms. The fraction of sp³-hybridized carbons (Fsp3) is 0.667. The van der Waals surface area contributed by atoms with E-state index in [1.54, 1.807) is 10.9 Å². The maximum atomic E-state index is 12.1. The summed E-state index contributed by atoms with van der Waals surface area (Å²) < 4.78 is 2.52. The lowest BCUT2D eigenvalue weighted by Crippen LogP contribution is -2.33. The zero-order valence-electron chi connectivity index (χ0n) is 9.88. The van der Waals surface area contributed by atoms with Crippen LogP contribution in [-0.2, 0) is 6.54 Å². The van der Waals surface area contributed by atoms with Gasteiger partial charge in [0.25, 0.3) is 5.56 Å². The highest BCUT2D eigenvalue weighted by Gasteiger charge is 2.33. The molecule has 1 aromatic heterocycles. The number of nitrogens with zero attached hydrogens (tertiary/aromatic N) is 2. The van der Waals surface area contributed by atoms with E-state index >= 15 is 0 Å². The molecule has 3 nitrogen and oxygen atoms in total. The Morgan fingerprint density at radius 3 is 2.76 bits per heavy atom. The van der Waals surface area contributed by atoms with E-state index in [0.29, 0.717) is 0 Å². The van der Waals surface area contributed by atoms with E-state index in [9.17, 15) is 4.79 Å². The SMILES string of the molecule is Cc1ncn(CC2(CBr)CCCC2)c(=O)c1I. The van der Waals surface area contributed by atoms with Crippen LogP contribution in [0.5, 0.6) is 0 Å². The van der Waals surface area contributed by atoms with Gasteiger partial charge in [-0.2, -0.15) is 0 Å². The van der Waals surface area contributed by atoms with Crippen LogP contribution in [0, 0.1) is 15.9 Å². The molecular formula is C12H16BrIN2O. The summed E-state index contributed by atoms with van der Waals surface area (Å²) in [5.41, 5.74) is 1.18. The Labute approximate surface area is 123 Å². The topological polar surface area (TPSA) is 34.9 Å². The maximum absolute atomic E-state index is 12.1. The van der Waals surface area contributed by atoms with Crippen LogP contribution in [0.25, 0.3) is 0 Å². The van der Waals surface area contributed by atoms with Crippen molar-refractivity contribution in [1.82, 2.24) is 9.55 Å². The molecule has 1 aliphatic carbocycles. The fourth-order valence-electron chi connectivity index (χ4n) is 2.48. The van der Waals surface area contributed by atoms with Gasteiger partial charge >= 0.3 is 0 Å². The Hall–Kier alpha value is 0.0900. The molecule has 0 aliphatic heterocycles. The maximum Gasteiger partial charge on any atom is 0.267 e. The van der Waals surface area contributed by atoms with Crippen molar-refractivity contribution in [2.45, 2.75) is 39.2 Å². The average Bonchev–Trinajstić information content (AvgIpc) is 2.79. The average molecular weight is 411 g/mol. The molecule has 0 spiro atoms. The minimum atomic E-state index is 0.102. The van der Waals surface area contributed by atoms with Crippen LogP contribution in [0.1, 0.15) is 31.4 Å². The highest BCUT2D eigenvalue weighted by atomic mass is 127. The molecule has 1 saturated carbocycles. The molecule has 0 saturated heterocycles. The summed E-state index contributed by atoms with van der Waals surface area (Å²) in [5.74, 6) is 0. The van der Waals surface area contributed by atoms with Crippen molar-refractivity contribution in [3.63, 3.8) is 0 Å². The van der Waals surface area contributed by atoms with Crippen molar-refractivity contribution in [3.8, 4) is 0 Å². The van der Waals surface area contributed by atoms with Gasteiger partial charge in [0.05, 0.1) is 15.6 Å². The summed E-state index contributed by atoms with van der Waals surface area (Å²) >= 11 is 5.70. The van der Waals surface area contributed by atoms with Gasteiger partial charge < -0.3 is 0 Å². The van der Waals surface area contributed by atoms with Crippen molar-refractivity contribution in [3.05, 3.63) is 25.9 Å². The van der Waals surface area contributed by atoms with E-state index < -0.39 is 0 Å². The van der Waals surface area contributed by atoms with Gasteiger partial charge in [-0.3, -0.25) is 9.36 Å². The summed E-state index contributed by atoms with van der Waals surface area (Å²) in [7, 11) is 0. The molecule has 1 aliphatic rings. The number of hydrogen-bond acceptors (Lipinski definition) is 2. The highest BCUT2D eigenvalue weighted by Crippen LogP contribution is 2.40. The third-order valence-electron chi connectivity index (χ3n) is 3.61. The molecule has 2 rings (SSSR count). The first-order chi connectivity index (χ1) is 8.08. The summed E-state index contributed by atoms with van der Waals surface area (Å²) in [6, 6.07) is 0. The zero-order valence-corrected chi connectivity index (χ0v) is 13.6. The summed E-state index contributed by atoms with van der Waals surface area (Å²) in [6.45, 7) is 2.67. The predicted molar refractivity (Wildman–Crippen MR) is 80.6 cm³/mol. The summed E-state index contributed by atoms with van der Waals surface area (Å²) in [4.78, 5) is 16.4. The van der Waals surface area contributed by atoms with Crippen molar-refractivity contribution in [1.29, 1.82) is 0 Å². The van der Waals surface area contributed by atoms with Crippen LogP contribution in [0.15, 0.2) is 11.1 Å². The number of alkyl halides is 1. The van der Waals surface area contributed by atoms with Crippen molar-refractivity contribution in [2.75, 3.05) is 5.33 Å². The first-order valence-electron chi connectivity index (χ1n) is 5.85. The standard InChI is InChI=1S/C12H16BrIN2O/c1-9-10(14)11(17)16(8-15-9)7-12(6-13)4-2-3-5-12/h8H,2-7H2,1H3. The molecule has 0 unspecified atom stereocenters. The van der Waals surface area contributed by atoms with Gasteiger partial charge in [-0.15, -0.1) is 0 Å². The van der Waals surface area contributed by atoms with Crippen LogP contribution in [-0.4, -0.2) is 14.9 Å². The second-order valence-corrected chi connectivity index (χ2v) is 6.56. The lowest BCUT2D eigenvalue weighted by molar-refractivity contribution is 0.286. The molecule has 94 valence electrons. The van der Waals surface area contributed by atoms with Crippen molar-refractivity contribution in [2.24, 2.45) is 5.41 Å². The van der Waals surface area contributed by atoms with E-state index in [4.69, 9.17) is 0 Å². The largest absolute Gasteiger partial charge is 0.298 e. The van der Waals surface area contributed by atoms with Crippen molar-refractivity contribution < 1.29 is 0 Å². The Kier molecular flexibility index (Phi) is 4.28. The van der Waals surface area contributed by atoms with Gasteiger partial charge in [0.2, 0.25) is 0 Å². The number of hydrogen-bond donors (Lipinski definition) is 0. The summed E-state index contributed by atoms with van der Waals surface area (Å²) in [5, 5.41) is 0.969. The number of aromatic nitrogens is 2. The third-order valence-corrected chi connectivity index (χ3v) is 6.04. The number of halogens is 2. The van der Waals surface area contributed by atoms with Crippen LogP contribution >= 0.6 is 38.5 Å². The van der Waals surface area contributed by atoms with Gasteiger partial charge in [0.15, 0.2) is 0 Å². The van der Waals surface area contributed by atoms with E-state index in [2.05, 4.69) is 43.5 Å². The molecule has 0 aromatic carbocycles. The van der Waals surface area contributed by atoms with E-state index in [-0.39, 0.29) is 11.0 Å². The molecule has 0 radical (unpaired) electrons. The van der Waals surface area contributed by atoms with Crippen LogP contribution in [0.3, 0.4) is 0 Å². The number of rotatable bonds is 3. The first-order valence-corrected chi connectivity index (χ1v) is 8.05. The molecule has 1 fully saturated rings. The van der Waals surface area contributed by atoms with Crippen molar-refractivity contribution >= 4 is 38.5 Å². The lowest BCUT2D eigenvalue weighted by atomic mass is 9.89. The van der Waals surface area contributed by atoms with Gasteiger partial charge in [-0.1, -0.05) is 28.8 Å². The zero-order chi connectivity index (χ0) is 12.5. The van der Waals surface area contributed by atoms with E-state index in [0.717, 1.165) is 21.1 Å². The molecule has 0 N–H and O–H groups in total. The van der Waals surface area contributed by atoms with Gasteiger partial charge in [-0.25, -0.2) is 4.98 Å². The lowest BCUT2D eigenvalue weighted by Gasteiger charge is -2.27. The normalized spacial score (nSPS) is 18.5. The van der Waals surface area contributed by atoms with E-state index in [1.165, 1.54) is 25.7 Å². The molecule has 0 amide bonds. The molecule has 0 bridgehead atoms. The van der Waals surface area contributed by atoms with Crippen LogP contribution < -0.4 is 5.56 Å².